The van der Waals surface area contributed by atoms with Gasteiger partial charge in [0, 0.05) is 19.2 Å². The van der Waals surface area contributed by atoms with Crippen molar-refractivity contribution in [2.75, 3.05) is 0 Å². The molecule has 0 amide bonds. The zero-order valence-corrected chi connectivity index (χ0v) is 21.8. The Bertz CT molecular complexity index is 958. The van der Waals surface area contributed by atoms with Gasteiger partial charge in [0.1, 0.15) is 0 Å². The Morgan fingerprint density at radius 2 is 0.844 bits per heavy atom. The quantitative estimate of drug-likeness (QED) is 0.163. The third-order valence-corrected chi connectivity index (χ3v) is 9.08. The highest BCUT2D eigenvalue weighted by molar-refractivity contribution is 7.19. The molecular formula is C30H40S2. The van der Waals surface area contributed by atoms with Gasteiger partial charge in [0.2, 0.25) is 0 Å². The largest absolute Gasteiger partial charge is 0.140 e. The van der Waals surface area contributed by atoms with Crippen molar-refractivity contribution in [3.05, 3.63) is 46.2 Å². The van der Waals surface area contributed by atoms with Crippen LogP contribution in [0.25, 0.3) is 30.9 Å². The Hall–Kier alpha value is -1.38. The fraction of sp³-hybridized carbons (Fsp3) is 0.533. The first-order valence-electron chi connectivity index (χ1n) is 13.2. The van der Waals surface area contributed by atoms with E-state index < -0.39 is 0 Å². The van der Waals surface area contributed by atoms with Gasteiger partial charge in [-0.2, -0.15) is 0 Å². The molecule has 2 aromatic carbocycles. The van der Waals surface area contributed by atoms with Crippen molar-refractivity contribution in [1.82, 2.24) is 0 Å². The lowest BCUT2D eigenvalue weighted by Gasteiger charge is -1.99. The van der Waals surface area contributed by atoms with Gasteiger partial charge in [0.25, 0.3) is 0 Å². The molecule has 2 heteroatoms. The van der Waals surface area contributed by atoms with Gasteiger partial charge in [-0.15, -0.1) is 22.7 Å². The molecule has 0 saturated heterocycles. The highest BCUT2D eigenvalue weighted by atomic mass is 32.1. The van der Waals surface area contributed by atoms with Crippen LogP contribution >= 0.6 is 22.7 Å². The summed E-state index contributed by atoms with van der Waals surface area (Å²) in [5.41, 5.74) is 0. The van der Waals surface area contributed by atoms with Gasteiger partial charge < -0.3 is 0 Å². The number of benzene rings is 2. The van der Waals surface area contributed by atoms with Crippen LogP contribution in [0.5, 0.6) is 0 Å². The maximum absolute atomic E-state index is 2.45. The number of fused-ring (bicyclic) bond motifs is 3. The Morgan fingerprint density at radius 3 is 1.31 bits per heavy atom. The van der Waals surface area contributed by atoms with Crippen LogP contribution in [0.1, 0.15) is 101 Å². The van der Waals surface area contributed by atoms with E-state index in [4.69, 9.17) is 0 Å². The second kappa shape index (κ2) is 12.2. The van der Waals surface area contributed by atoms with Gasteiger partial charge in [-0.05, 0) is 83.6 Å². The summed E-state index contributed by atoms with van der Waals surface area (Å²) in [4.78, 5) is 3.13. The minimum absolute atomic E-state index is 1.25. The lowest BCUT2D eigenvalue weighted by molar-refractivity contribution is 0.609. The summed E-state index contributed by atoms with van der Waals surface area (Å²) in [7, 11) is 0. The molecule has 4 rings (SSSR count). The molecule has 0 aliphatic rings. The number of thiophene rings is 2. The molecule has 0 aliphatic heterocycles. The second-order valence-corrected chi connectivity index (χ2v) is 11.9. The molecule has 0 spiro atoms. The molecule has 0 unspecified atom stereocenters. The fourth-order valence-corrected chi connectivity index (χ4v) is 7.11. The number of rotatable bonds is 14. The Morgan fingerprint density at radius 1 is 0.438 bits per heavy atom. The SMILES string of the molecule is CCCCCCCCc1cc2cc3cc4cc(CCCCCCCC)sc4cc3cc2s1. The number of unbranched alkanes of at least 4 members (excludes halogenated alkanes) is 10. The third kappa shape index (κ3) is 6.35. The van der Waals surface area contributed by atoms with Crippen LogP contribution in [0.4, 0.5) is 0 Å². The third-order valence-electron chi connectivity index (χ3n) is 6.77. The molecule has 0 atom stereocenters. The first-order chi connectivity index (χ1) is 15.8. The van der Waals surface area contributed by atoms with Crippen LogP contribution in [0, 0.1) is 0 Å². The zero-order chi connectivity index (χ0) is 22.2. The van der Waals surface area contributed by atoms with Crippen LogP contribution in [0.2, 0.25) is 0 Å². The predicted molar refractivity (Wildman–Crippen MR) is 149 cm³/mol. The summed E-state index contributed by atoms with van der Waals surface area (Å²) in [5.74, 6) is 0. The molecule has 0 nitrogen and oxygen atoms in total. The minimum Gasteiger partial charge on any atom is -0.140 e. The number of aryl methyl sites for hydroxylation is 2. The van der Waals surface area contributed by atoms with Crippen molar-refractivity contribution in [2.24, 2.45) is 0 Å². The van der Waals surface area contributed by atoms with Crippen molar-refractivity contribution in [1.29, 1.82) is 0 Å². The molecule has 0 radical (unpaired) electrons. The van der Waals surface area contributed by atoms with Crippen LogP contribution in [-0.4, -0.2) is 0 Å². The van der Waals surface area contributed by atoms with Gasteiger partial charge in [0.05, 0.1) is 0 Å². The predicted octanol–water partition coefficient (Wildman–Crippen LogP) is 11.1. The molecule has 32 heavy (non-hydrogen) atoms. The van der Waals surface area contributed by atoms with Crippen LogP contribution in [0.15, 0.2) is 36.4 Å². The maximum atomic E-state index is 2.45. The lowest BCUT2D eigenvalue weighted by atomic mass is 10.1. The molecule has 2 aromatic heterocycles. The van der Waals surface area contributed by atoms with E-state index in [0.29, 0.717) is 0 Å². The number of hydrogen-bond donors (Lipinski definition) is 0. The fourth-order valence-electron chi connectivity index (χ4n) is 4.84. The van der Waals surface area contributed by atoms with E-state index in [9.17, 15) is 0 Å². The Kier molecular flexibility index (Phi) is 9.05. The molecule has 2 heterocycles. The summed E-state index contributed by atoms with van der Waals surface area (Å²) in [6.07, 6.45) is 19.0. The minimum atomic E-state index is 1.25. The van der Waals surface area contributed by atoms with E-state index in [2.05, 4.69) is 50.2 Å². The molecular weight excluding hydrogens is 424 g/mol. The van der Waals surface area contributed by atoms with E-state index in [1.165, 1.54) is 121 Å². The lowest BCUT2D eigenvalue weighted by Crippen LogP contribution is -1.82. The van der Waals surface area contributed by atoms with E-state index in [-0.39, 0.29) is 0 Å². The van der Waals surface area contributed by atoms with Gasteiger partial charge >= 0.3 is 0 Å². The van der Waals surface area contributed by atoms with Crippen molar-refractivity contribution < 1.29 is 0 Å². The second-order valence-electron chi connectivity index (χ2n) is 9.59. The first kappa shape index (κ1) is 23.8. The molecule has 0 N–H and O–H groups in total. The standard InChI is InChI=1S/C30H40S2/c1-3-5-7-9-11-13-15-27-19-25-17-23-18-26-20-28(16-14-12-10-8-6-4-2)32-30(26)22-24(23)21-29(25)31-27/h17-22H,3-16H2,1-2H3. The van der Waals surface area contributed by atoms with Crippen molar-refractivity contribution in [3.63, 3.8) is 0 Å². The summed E-state index contributed by atoms with van der Waals surface area (Å²) in [6, 6.07) is 14.6. The summed E-state index contributed by atoms with van der Waals surface area (Å²) in [6.45, 7) is 4.58. The Balaban J connectivity index is 1.40. The van der Waals surface area contributed by atoms with Gasteiger partial charge in [-0.3, -0.25) is 0 Å². The van der Waals surface area contributed by atoms with E-state index in [1.54, 1.807) is 9.75 Å². The van der Waals surface area contributed by atoms with Crippen LogP contribution in [0.3, 0.4) is 0 Å². The van der Waals surface area contributed by atoms with Gasteiger partial charge in [-0.1, -0.05) is 78.1 Å². The zero-order valence-electron chi connectivity index (χ0n) is 20.2. The highest BCUT2D eigenvalue weighted by Gasteiger charge is 2.08. The normalized spacial score (nSPS) is 11.9. The topological polar surface area (TPSA) is 0 Å². The van der Waals surface area contributed by atoms with Crippen molar-refractivity contribution in [3.8, 4) is 0 Å². The molecule has 172 valence electrons. The van der Waals surface area contributed by atoms with E-state index >= 15 is 0 Å². The monoisotopic (exact) mass is 464 g/mol. The molecule has 0 fully saturated rings. The molecule has 0 saturated carbocycles. The summed E-state index contributed by atoms with van der Waals surface area (Å²) in [5, 5.41) is 5.68. The summed E-state index contributed by atoms with van der Waals surface area (Å²) < 4.78 is 2.92. The average Bonchev–Trinajstić information content (AvgIpc) is 3.37. The summed E-state index contributed by atoms with van der Waals surface area (Å²) >= 11 is 4.03. The first-order valence-corrected chi connectivity index (χ1v) is 14.8. The van der Waals surface area contributed by atoms with E-state index in [1.807, 2.05) is 22.7 Å². The highest BCUT2D eigenvalue weighted by Crippen LogP contribution is 2.35. The van der Waals surface area contributed by atoms with Crippen LogP contribution in [-0.2, 0) is 12.8 Å². The van der Waals surface area contributed by atoms with Crippen molar-refractivity contribution >= 4 is 53.6 Å². The molecule has 4 aromatic rings. The number of hydrogen-bond acceptors (Lipinski definition) is 2. The maximum Gasteiger partial charge on any atom is 0.0352 e. The van der Waals surface area contributed by atoms with Gasteiger partial charge in [-0.25, -0.2) is 0 Å². The van der Waals surface area contributed by atoms with Crippen LogP contribution < -0.4 is 0 Å². The van der Waals surface area contributed by atoms with Crippen molar-refractivity contribution in [2.45, 2.75) is 104 Å². The smallest absolute Gasteiger partial charge is 0.0352 e. The molecule has 0 bridgehead atoms. The van der Waals surface area contributed by atoms with E-state index in [0.717, 1.165) is 0 Å². The van der Waals surface area contributed by atoms with Gasteiger partial charge in [0.15, 0.2) is 0 Å². The molecule has 0 aliphatic carbocycles. The average molecular weight is 465 g/mol. The Labute approximate surface area is 203 Å².